The van der Waals surface area contributed by atoms with E-state index in [9.17, 15) is 5.11 Å². The van der Waals surface area contributed by atoms with Crippen molar-refractivity contribution >= 4 is 0 Å². The molecule has 1 heterocycles. The molecule has 0 amide bonds. The van der Waals surface area contributed by atoms with Crippen molar-refractivity contribution < 1.29 is 5.11 Å². The fourth-order valence-corrected chi connectivity index (χ4v) is 2.78. The van der Waals surface area contributed by atoms with Crippen LogP contribution in [-0.2, 0) is 0 Å². The van der Waals surface area contributed by atoms with Crippen molar-refractivity contribution in [2.45, 2.75) is 52.2 Å². The Bertz CT molecular complexity index is 402. The lowest BCUT2D eigenvalue weighted by atomic mass is 9.89. The molecule has 2 heteroatoms. The monoisotopic (exact) mass is 247 g/mol. The number of hydrogen-bond donors (Lipinski definition) is 2. The summed E-state index contributed by atoms with van der Waals surface area (Å²) >= 11 is 0. The van der Waals surface area contributed by atoms with Crippen molar-refractivity contribution in [1.29, 1.82) is 0 Å². The largest absolute Gasteiger partial charge is 0.388 e. The molecule has 0 saturated carbocycles. The zero-order chi connectivity index (χ0) is 13.1. The van der Waals surface area contributed by atoms with Gasteiger partial charge in [-0.1, -0.05) is 25.1 Å². The van der Waals surface area contributed by atoms with Gasteiger partial charge in [-0.3, -0.25) is 0 Å². The second kappa shape index (κ2) is 5.85. The van der Waals surface area contributed by atoms with Crippen molar-refractivity contribution in [1.82, 2.24) is 5.32 Å². The van der Waals surface area contributed by atoms with Crippen LogP contribution in [-0.4, -0.2) is 17.7 Å². The number of nitrogens with one attached hydrogen (secondary N) is 1. The highest BCUT2D eigenvalue weighted by molar-refractivity contribution is 5.31. The van der Waals surface area contributed by atoms with Gasteiger partial charge in [-0.05, 0) is 62.3 Å². The number of piperidine rings is 1. The second-order valence-electron chi connectivity index (χ2n) is 5.88. The van der Waals surface area contributed by atoms with E-state index in [1.54, 1.807) is 0 Å². The van der Waals surface area contributed by atoms with Gasteiger partial charge in [-0.15, -0.1) is 0 Å². The number of rotatable bonds is 3. The molecule has 1 fully saturated rings. The lowest BCUT2D eigenvalue weighted by molar-refractivity contribution is 0.138. The number of aliphatic hydroxyl groups is 1. The zero-order valence-electron chi connectivity index (χ0n) is 11.7. The summed E-state index contributed by atoms with van der Waals surface area (Å²) in [6, 6.07) is 6.74. The van der Waals surface area contributed by atoms with E-state index in [1.165, 1.54) is 24.0 Å². The van der Waals surface area contributed by atoms with Gasteiger partial charge >= 0.3 is 0 Å². The topological polar surface area (TPSA) is 32.3 Å². The Morgan fingerprint density at radius 2 is 2.11 bits per heavy atom. The number of benzene rings is 1. The summed E-state index contributed by atoms with van der Waals surface area (Å²) in [5.41, 5.74) is 3.60. The summed E-state index contributed by atoms with van der Waals surface area (Å²) in [6.07, 6.45) is 2.93. The van der Waals surface area contributed by atoms with Crippen LogP contribution in [0.1, 0.15) is 49.0 Å². The molecule has 0 aliphatic carbocycles. The van der Waals surface area contributed by atoms with Gasteiger partial charge in [0.2, 0.25) is 0 Å². The molecule has 3 atom stereocenters. The Hall–Kier alpha value is -0.860. The van der Waals surface area contributed by atoms with Crippen LogP contribution in [0, 0.1) is 19.8 Å². The van der Waals surface area contributed by atoms with Crippen LogP contribution in [0.25, 0.3) is 0 Å². The SMILES string of the molecule is Cc1ccc(C(O)CC2CC(C)CCN2)cc1C. The Morgan fingerprint density at radius 1 is 1.33 bits per heavy atom. The molecule has 18 heavy (non-hydrogen) atoms. The molecule has 0 radical (unpaired) electrons. The summed E-state index contributed by atoms with van der Waals surface area (Å²) in [5, 5.41) is 13.9. The van der Waals surface area contributed by atoms with Gasteiger partial charge in [-0.25, -0.2) is 0 Å². The highest BCUT2D eigenvalue weighted by Crippen LogP contribution is 2.25. The van der Waals surface area contributed by atoms with Gasteiger partial charge < -0.3 is 10.4 Å². The van der Waals surface area contributed by atoms with E-state index in [2.05, 4.69) is 44.3 Å². The maximum absolute atomic E-state index is 10.3. The van der Waals surface area contributed by atoms with E-state index >= 15 is 0 Å². The third-order valence-corrected chi connectivity index (χ3v) is 4.18. The highest BCUT2D eigenvalue weighted by atomic mass is 16.3. The maximum Gasteiger partial charge on any atom is 0.0805 e. The van der Waals surface area contributed by atoms with Crippen LogP contribution in [0.4, 0.5) is 0 Å². The lowest BCUT2D eigenvalue weighted by Gasteiger charge is -2.29. The fourth-order valence-electron chi connectivity index (χ4n) is 2.78. The summed E-state index contributed by atoms with van der Waals surface area (Å²) in [7, 11) is 0. The highest BCUT2D eigenvalue weighted by Gasteiger charge is 2.21. The van der Waals surface area contributed by atoms with Gasteiger partial charge in [-0.2, -0.15) is 0 Å². The average Bonchev–Trinajstić information content (AvgIpc) is 2.32. The van der Waals surface area contributed by atoms with Crippen LogP contribution >= 0.6 is 0 Å². The van der Waals surface area contributed by atoms with Crippen LogP contribution in [0.2, 0.25) is 0 Å². The second-order valence-corrected chi connectivity index (χ2v) is 5.88. The summed E-state index contributed by atoms with van der Waals surface area (Å²) in [5.74, 6) is 0.781. The third-order valence-electron chi connectivity index (χ3n) is 4.18. The number of aryl methyl sites for hydroxylation is 2. The van der Waals surface area contributed by atoms with Gasteiger partial charge in [0.1, 0.15) is 0 Å². The molecule has 0 spiro atoms. The van der Waals surface area contributed by atoms with Crippen LogP contribution in [0.15, 0.2) is 18.2 Å². The summed E-state index contributed by atoms with van der Waals surface area (Å²) < 4.78 is 0. The van der Waals surface area contributed by atoms with Gasteiger partial charge in [0, 0.05) is 6.04 Å². The predicted molar refractivity (Wildman–Crippen MR) is 75.7 cm³/mol. The first-order valence-electron chi connectivity index (χ1n) is 7.05. The predicted octanol–water partition coefficient (Wildman–Crippen LogP) is 3.12. The Kier molecular flexibility index (Phi) is 4.41. The van der Waals surface area contributed by atoms with Crippen LogP contribution in [0.3, 0.4) is 0 Å². The molecular weight excluding hydrogens is 222 g/mol. The molecule has 1 aliphatic heterocycles. The minimum Gasteiger partial charge on any atom is -0.388 e. The first-order valence-corrected chi connectivity index (χ1v) is 7.05. The number of aliphatic hydroxyl groups excluding tert-OH is 1. The van der Waals surface area contributed by atoms with E-state index in [-0.39, 0.29) is 6.10 Å². The first kappa shape index (κ1) is 13.6. The molecule has 0 aromatic heterocycles. The first-order chi connectivity index (χ1) is 8.56. The average molecular weight is 247 g/mol. The summed E-state index contributed by atoms with van der Waals surface area (Å²) in [6.45, 7) is 7.60. The molecule has 2 rings (SSSR count). The Labute approximate surface area is 110 Å². The van der Waals surface area contributed by atoms with E-state index in [4.69, 9.17) is 0 Å². The Morgan fingerprint density at radius 3 is 2.78 bits per heavy atom. The molecule has 1 saturated heterocycles. The molecule has 1 aliphatic rings. The molecule has 2 N–H and O–H groups in total. The molecule has 3 unspecified atom stereocenters. The van der Waals surface area contributed by atoms with Crippen molar-refractivity contribution in [3.05, 3.63) is 34.9 Å². The van der Waals surface area contributed by atoms with E-state index < -0.39 is 0 Å². The van der Waals surface area contributed by atoms with Crippen molar-refractivity contribution in [2.24, 2.45) is 5.92 Å². The Balaban J connectivity index is 1.98. The maximum atomic E-state index is 10.3. The minimum absolute atomic E-state index is 0.341. The van der Waals surface area contributed by atoms with E-state index in [1.807, 2.05) is 0 Å². The molecule has 1 aromatic rings. The number of hydrogen-bond acceptors (Lipinski definition) is 2. The molecule has 100 valence electrons. The van der Waals surface area contributed by atoms with E-state index in [0.717, 1.165) is 24.4 Å². The van der Waals surface area contributed by atoms with Crippen LogP contribution in [0.5, 0.6) is 0 Å². The normalized spacial score (nSPS) is 26.0. The standard InChI is InChI=1S/C16H25NO/c1-11-6-7-17-15(8-11)10-16(18)14-5-4-12(2)13(3)9-14/h4-5,9,11,15-18H,6-8,10H2,1-3H3. The van der Waals surface area contributed by atoms with E-state index in [0.29, 0.717) is 6.04 Å². The van der Waals surface area contributed by atoms with Crippen molar-refractivity contribution in [2.75, 3.05) is 6.54 Å². The van der Waals surface area contributed by atoms with Crippen molar-refractivity contribution in [3.63, 3.8) is 0 Å². The molecule has 2 nitrogen and oxygen atoms in total. The fraction of sp³-hybridized carbons (Fsp3) is 0.625. The van der Waals surface area contributed by atoms with Gasteiger partial charge in [0.15, 0.2) is 0 Å². The molecule has 1 aromatic carbocycles. The van der Waals surface area contributed by atoms with Crippen molar-refractivity contribution in [3.8, 4) is 0 Å². The molecular formula is C16H25NO. The molecule has 0 bridgehead atoms. The van der Waals surface area contributed by atoms with Gasteiger partial charge in [0.25, 0.3) is 0 Å². The minimum atomic E-state index is -0.341. The van der Waals surface area contributed by atoms with Gasteiger partial charge in [0.05, 0.1) is 6.10 Å². The quantitative estimate of drug-likeness (QED) is 0.860. The lowest BCUT2D eigenvalue weighted by Crippen LogP contribution is -2.38. The zero-order valence-corrected chi connectivity index (χ0v) is 11.7. The third kappa shape index (κ3) is 3.33. The van der Waals surface area contributed by atoms with Crippen LogP contribution < -0.4 is 5.32 Å². The summed E-state index contributed by atoms with van der Waals surface area (Å²) in [4.78, 5) is 0. The smallest absolute Gasteiger partial charge is 0.0805 e.